The lowest BCUT2D eigenvalue weighted by Gasteiger charge is -2.22. The third-order valence-corrected chi connectivity index (χ3v) is 4.96. The normalized spacial score (nSPS) is 14.5. The van der Waals surface area contributed by atoms with E-state index in [1.165, 1.54) is 0 Å². The molecular formula is C23H39IN4O4. The minimum atomic E-state index is -0.00213. The Bertz CT molecular complexity index is 664. The van der Waals surface area contributed by atoms with Crippen LogP contribution in [0.2, 0.25) is 0 Å². The van der Waals surface area contributed by atoms with E-state index in [9.17, 15) is 4.79 Å². The Kier molecular flexibility index (Phi) is 15.3. The first kappa shape index (κ1) is 28.6. The van der Waals surface area contributed by atoms with E-state index >= 15 is 0 Å². The number of carbonyl (C=O) groups excluding carboxylic acids is 1. The van der Waals surface area contributed by atoms with Crippen molar-refractivity contribution < 1.29 is 19.0 Å². The fourth-order valence-electron chi connectivity index (χ4n) is 2.99. The van der Waals surface area contributed by atoms with E-state index in [-0.39, 0.29) is 36.4 Å². The van der Waals surface area contributed by atoms with Gasteiger partial charge in [0.15, 0.2) is 5.96 Å². The Labute approximate surface area is 209 Å². The lowest BCUT2D eigenvalue weighted by Crippen LogP contribution is -2.43. The van der Waals surface area contributed by atoms with Crippen LogP contribution in [0.1, 0.15) is 37.3 Å². The van der Waals surface area contributed by atoms with Crippen molar-refractivity contribution in [2.24, 2.45) is 4.99 Å². The average molecular weight is 562 g/mol. The van der Waals surface area contributed by atoms with Gasteiger partial charge in [-0.3, -0.25) is 4.79 Å². The van der Waals surface area contributed by atoms with E-state index < -0.39 is 0 Å². The van der Waals surface area contributed by atoms with Crippen LogP contribution >= 0.6 is 24.0 Å². The van der Waals surface area contributed by atoms with Gasteiger partial charge in [0, 0.05) is 47.1 Å². The number of halogens is 1. The minimum Gasteiger partial charge on any atom is -0.382 e. The number of hydrogen-bond acceptors (Lipinski definition) is 5. The highest BCUT2D eigenvalue weighted by atomic mass is 127. The predicted octanol–water partition coefficient (Wildman–Crippen LogP) is 2.55. The number of benzene rings is 1. The summed E-state index contributed by atoms with van der Waals surface area (Å²) in [6.07, 6.45) is 3.11. The summed E-state index contributed by atoms with van der Waals surface area (Å²) in [6, 6.07) is 8.32. The largest absolute Gasteiger partial charge is 0.382 e. The lowest BCUT2D eigenvalue weighted by atomic mass is 10.1. The Morgan fingerprint density at radius 2 is 1.84 bits per heavy atom. The molecule has 8 nitrogen and oxygen atoms in total. The van der Waals surface area contributed by atoms with E-state index in [1.807, 2.05) is 6.92 Å². The standard InChI is InChI=1S/C23H38N4O4.HI/c1-4-29-13-5-12-24-23(26-17-22(28)27(2)3)25-16-19-6-8-20(9-7-19)18-31-21-10-14-30-15-11-21;/h6-9,21H,4-5,10-18H2,1-3H3,(H2,24,25,26);1H. The zero-order valence-electron chi connectivity index (χ0n) is 19.6. The molecule has 1 aliphatic heterocycles. The molecule has 2 rings (SSSR count). The quantitative estimate of drug-likeness (QED) is 0.176. The molecule has 0 bridgehead atoms. The second kappa shape index (κ2) is 17.1. The van der Waals surface area contributed by atoms with Crippen LogP contribution in [-0.2, 0) is 32.2 Å². The fraction of sp³-hybridized carbons (Fsp3) is 0.652. The first-order valence-corrected chi connectivity index (χ1v) is 11.2. The molecule has 2 N–H and O–H groups in total. The molecule has 182 valence electrons. The number of hydrogen-bond donors (Lipinski definition) is 2. The SMILES string of the molecule is CCOCCCNC(=NCc1ccc(COC2CCOCC2)cc1)NCC(=O)N(C)C.I. The summed E-state index contributed by atoms with van der Waals surface area (Å²) in [4.78, 5) is 18.1. The second-order valence-electron chi connectivity index (χ2n) is 7.72. The van der Waals surface area contributed by atoms with E-state index in [2.05, 4.69) is 39.9 Å². The van der Waals surface area contributed by atoms with E-state index in [4.69, 9.17) is 14.2 Å². The number of carbonyl (C=O) groups is 1. The smallest absolute Gasteiger partial charge is 0.241 e. The van der Waals surface area contributed by atoms with Crippen molar-refractivity contribution >= 4 is 35.8 Å². The highest BCUT2D eigenvalue weighted by Crippen LogP contribution is 2.14. The molecule has 0 spiro atoms. The van der Waals surface area contributed by atoms with Gasteiger partial charge < -0.3 is 29.7 Å². The number of likely N-dealkylation sites (N-methyl/N-ethyl adjacent to an activating group) is 1. The van der Waals surface area contributed by atoms with Crippen molar-refractivity contribution in [1.82, 2.24) is 15.5 Å². The van der Waals surface area contributed by atoms with Crippen LogP contribution in [0.4, 0.5) is 0 Å². The van der Waals surface area contributed by atoms with Crippen molar-refractivity contribution in [2.75, 3.05) is 53.6 Å². The van der Waals surface area contributed by atoms with Gasteiger partial charge in [0.1, 0.15) is 0 Å². The number of guanidine groups is 1. The van der Waals surface area contributed by atoms with E-state index in [0.717, 1.165) is 50.1 Å². The molecule has 0 aromatic heterocycles. The average Bonchev–Trinajstić information content (AvgIpc) is 2.79. The van der Waals surface area contributed by atoms with Crippen LogP contribution in [-0.4, -0.2) is 76.5 Å². The first-order valence-electron chi connectivity index (χ1n) is 11.2. The predicted molar refractivity (Wildman–Crippen MR) is 137 cm³/mol. The van der Waals surface area contributed by atoms with Gasteiger partial charge in [0.25, 0.3) is 0 Å². The summed E-state index contributed by atoms with van der Waals surface area (Å²) in [5.41, 5.74) is 2.26. The number of nitrogens with zero attached hydrogens (tertiary/aromatic N) is 2. The molecule has 1 amide bonds. The van der Waals surface area contributed by atoms with Gasteiger partial charge in [-0.1, -0.05) is 24.3 Å². The summed E-state index contributed by atoms with van der Waals surface area (Å²) in [5.74, 6) is 0.622. The summed E-state index contributed by atoms with van der Waals surface area (Å²) in [6.45, 7) is 7.05. The maximum absolute atomic E-state index is 11.9. The fourth-order valence-corrected chi connectivity index (χ4v) is 2.99. The minimum absolute atomic E-state index is 0. The topological polar surface area (TPSA) is 84.4 Å². The highest BCUT2D eigenvalue weighted by molar-refractivity contribution is 14.0. The Hall–Kier alpha value is -1.43. The number of nitrogens with one attached hydrogen (secondary N) is 2. The van der Waals surface area contributed by atoms with E-state index in [0.29, 0.717) is 38.4 Å². The molecule has 0 saturated carbocycles. The Morgan fingerprint density at radius 1 is 1.16 bits per heavy atom. The van der Waals surface area contributed by atoms with Gasteiger partial charge in [-0.15, -0.1) is 24.0 Å². The Balaban J connectivity index is 0.00000512. The van der Waals surface area contributed by atoms with Crippen LogP contribution in [0.5, 0.6) is 0 Å². The van der Waals surface area contributed by atoms with Gasteiger partial charge in [-0.05, 0) is 37.3 Å². The molecule has 1 saturated heterocycles. The molecule has 1 aliphatic rings. The van der Waals surface area contributed by atoms with Gasteiger partial charge in [0.05, 0.1) is 25.8 Å². The van der Waals surface area contributed by atoms with Gasteiger partial charge in [-0.25, -0.2) is 4.99 Å². The van der Waals surface area contributed by atoms with Crippen LogP contribution in [0.3, 0.4) is 0 Å². The van der Waals surface area contributed by atoms with Crippen LogP contribution < -0.4 is 10.6 Å². The highest BCUT2D eigenvalue weighted by Gasteiger charge is 2.14. The third-order valence-electron chi connectivity index (χ3n) is 4.96. The summed E-state index contributed by atoms with van der Waals surface area (Å²) in [5, 5.41) is 6.38. The maximum atomic E-state index is 11.9. The molecule has 1 aromatic rings. The van der Waals surface area contributed by atoms with Crippen molar-refractivity contribution in [2.45, 2.75) is 45.4 Å². The Morgan fingerprint density at radius 3 is 2.50 bits per heavy atom. The first-order chi connectivity index (χ1) is 15.1. The van der Waals surface area contributed by atoms with Crippen molar-refractivity contribution in [3.05, 3.63) is 35.4 Å². The summed E-state index contributed by atoms with van der Waals surface area (Å²) >= 11 is 0. The number of ether oxygens (including phenoxy) is 3. The molecular weight excluding hydrogens is 523 g/mol. The number of amides is 1. The molecule has 0 radical (unpaired) electrons. The molecule has 9 heteroatoms. The van der Waals surface area contributed by atoms with E-state index in [1.54, 1.807) is 19.0 Å². The second-order valence-corrected chi connectivity index (χ2v) is 7.72. The monoisotopic (exact) mass is 562 g/mol. The molecule has 1 fully saturated rings. The number of rotatable bonds is 12. The zero-order chi connectivity index (χ0) is 22.3. The number of aliphatic imine (C=N–C) groups is 1. The molecule has 1 aromatic carbocycles. The summed E-state index contributed by atoms with van der Waals surface area (Å²) in [7, 11) is 3.48. The van der Waals surface area contributed by atoms with Gasteiger partial charge in [-0.2, -0.15) is 0 Å². The van der Waals surface area contributed by atoms with Crippen LogP contribution in [0.15, 0.2) is 29.3 Å². The summed E-state index contributed by atoms with van der Waals surface area (Å²) < 4.78 is 16.7. The molecule has 0 unspecified atom stereocenters. The van der Waals surface area contributed by atoms with Crippen LogP contribution in [0, 0.1) is 0 Å². The lowest BCUT2D eigenvalue weighted by molar-refractivity contribution is -0.127. The molecule has 0 atom stereocenters. The maximum Gasteiger partial charge on any atom is 0.241 e. The van der Waals surface area contributed by atoms with Crippen LogP contribution in [0.25, 0.3) is 0 Å². The molecule has 32 heavy (non-hydrogen) atoms. The van der Waals surface area contributed by atoms with Gasteiger partial charge >= 0.3 is 0 Å². The van der Waals surface area contributed by atoms with Crippen molar-refractivity contribution in [1.29, 1.82) is 0 Å². The molecule has 0 aliphatic carbocycles. The van der Waals surface area contributed by atoms with Crippen molar-refractivity contribution in [3.63, 3.8) is 0 Å². The zero-order valence-corrected chi connectivity index (χ0v) is 21.9. The molecule has 1 heterocycles. The van der Waals surface area contributed by atoms with Gasteiger partial charge in [0.2, 0.25) is 5.91 Å². The third kappa shape index (κ3) is 12.0. The van der Waals surface area contributed by atoms with Crippen molar-refractivity contribution in [3.8, 4) is 0 Å².